The molecule has 4 heteroatoms. The van der Waals surface area contributed by atoms with Gasteiger partial charge in [0.2, 0.25) is 0 Å². The molecule has 0 heterocycles. The summed E-state index contributed by atoms with van der Waals surface area (Å²) >= 11 is 5.81. The monoisotopic (exact) mass is 224 g/mol. The predicted molar refractivity (Wildman–Crippen MR) is 62.7 cm³/mol. The summed E-state index contributed by atoms with van der Waals surface area (Å²) in [5, 5.41) is 0.545. The zero-order valence-corrected chi connectivity index (χ0v) is 9.75. The van der Waals surface area contributed by atoms with Gasteiger partial charge in [0.15, 0.2) is 0 Å². The molecule has 0 radical (unpaired) electrons. The van der Waals surface area contributed by atoms with Crippen LogP contribution in [0.4, 0.5) is 0 Å². The number of nitrogens with zero attached hydrogens (tertiary/aromatic N) is 2. The minimum absolute atomic E-state index is 0.274. The van der Waals surface area contributed by atoms with Crippen LogP contribution in [0.5, 0.6) is 0 Å². The van der Waals surface area contributed by atoms with E-state index in [9.17, 15) is 4.79 Å². The van der Waals surface area contributed by atoms with Gasteiger partial charge in [0.1, 0.15) is 0 Å². The summed E-state index contributed by atoms with van der Waals surface area (Å²) in [7, 11) is 3.61. The topological polar surface area (TPSA) is 32.7 Å². The molecule has 0 spiro atoms. The van der Waals surface area contributed by atoms with Crippen molar-refractivity contribution in [3.05, 3.63) is 34.3 Å². The summed E-state index contributed by atoms with van der Waals surface area (Å²) in [4.78, 5) is 17.1. The van der Waals surface area contributed by atoms with Gasteiger partial charge in [-0.2, -0.15) is 4.99 Å². The second-order valence-electron chi connectivity index (χ2n) is 3.47. The molecule has 1 aromatic rings. The number of hydrogen-bond acceptors (Lipinski definition) is 1. The summed E-state index contributed by atoms with van der Waals surface area (Å²) < 4.78 is 0. The number of hydrogen-bond donors (Lipinski definition) is 0. The molecule has 0 aliphatic carbocycles. The smallest absolute Gasteiger partial charge is 0.278 e. The second kappa shape index (κ2) is 4.94. The zero-order valence-electron chi connectivity index (χ0n) is 8.99. The van der Waals surface area contributed by atoms with Gasteiger partial charge in [0, 0.05) is 24.7 Å². The van der Waals surface area contributed by atoms with Crippen molar-refractivity contribution >= 4 is 23.8 Å². The lowest BCUT2D eigenvalue weighted by Crippen LogP contribution is -2.10. The average molecular weight is 225 g/mol. The Labute approximate surface area is 94.4 Å². The van der Waals surface area contributed by atoms with Crippen LogP contribution in [-0.2, 0) is 0 Å². The van der Waals surface area contributed by atoms with Crippen molar-refractivity contribution in [2.75, 3.05) is 14.1 Å². The van der Waals surface area contributed by atoms with E-state index in [0.717, 1.165) is 5.56 Å². The predicted octanol–water partition coefficient (Wildman–Crippen LogP) is 2.38. The molecule has 0 atom stereocenters. The first-order valence-electron chi connectivity index (χ1n) is 4.52. The molecule has 0 saturated carbocycles. The van der Waals surface area contributed by atoms with E-state index in [1.807, 2.05) is 21.0 Å². The quantitative estimate of drug-likeness (QED) is 0.571. The fraction of sp³-hybridized carbons (Fsp3) is 0.273. The molecule has 80 valence electrons. The first-order valence-corrected chi connectivity index (χ1v) is 4.89. The lowest BCUT2D eigenvalue weighted by molar-refractivity contribution is 0.100. The summed E-state index contributed by atoms with van der Waals surface area (Å²) in [6.45, 7) is 1.86. The van der Waals surface area contributed by atoms with Crippen molar-refractivity contribution in [2.45, 2.75) is 6.92 Å². The maximum absolute atomic E-state index is 11.6. The van der Waals surface area contributed by atoms with Crippen LogP contribution in [0, 0.1) is 6.92 Å². The molecule has 0 N–H and O–H groups in total. The number of rotatable bonds is 2. The summed E-state index contributed by atoms with van der Waals surface area (Å²) in [6.07, 6.45) is 1.47. The van der Waals surface area contributed by atoms with Crippen molar-refractivity contribution in [2.24, 2.45) is 4.99 Å². The molecule has 1 aromatic carbocycles. The van der Waals surface area contributed by atoms with Crippen LogP contribution < -0.4 is 0 Å². The normalized spacial score (nSPS) is 10.7. The van der Waals surface area contributed by atoms with Gasteiger partial charge < -0.3 is 4.90 Å². The van der Waals surface area contributed by atoms with Gasteiger partial charge >= 0.3 is 0 Å². The summed E-state index contributed by atoms with van der Waals surface area (Å²) in [5.74, 6) is -0.274. The molecule has 0 aromatic heterocycles. The van der Waals surface area contributed by atoms with Crippen molar-refractivity contribution < 1.29 is 4.79 Å². The first kappa shape index (κ1) is 11.7. The molecule has 0 aliphatic heterocycles. The molecule has 0 bridgehead atoms. The van der Waals surface area contributed by atoms with E-state index >= 15 is 0 Å². The highest BCUT2D eigenvalue weighted by atomic mass is 35.5. The van der Waals surface area contributed by atoms with Gasteiger partial charge in [-0.05, 0) is 24.6 Å². The van der Waals surface area contributed by atoms with E-state index in [1.165, 1.54) is 6.34 Å². The highest BCUT2D eigenvalue weighted by Crippen LogP contribution is 2.16. The Morgan fingerprint density at radius 1 is 1.47 bits per heavy atom. The highest BCUT2D eigenvalue weighted by Gasteiger charge is 2.07. The maximum Gasteiger partial charge on any atom is 0.278 e. The van der Waals surface area contributed by atoms with E-state index in [1.54, 1.807) is 23.1 Å². The van der Waals surface area contributed by atoms with Crippen molar-refractivity contribution in [3.63, 3.8) is 0 Å². The number of amides is 1. The van der Waals surface area contributed by atoms with E-state index in [0.29, 0.717) is 10.6 Å². The second-order valence-corrected chi connectivity index (χ2v) is 3.91. The van der Waals surface area contributed by atoms with Crippen LogP contribution in [-0.4, -0.2) is 31.2 Å². The maximum atomic E-state index is 11.6. The van der Waals surface area contributed by atoms with Gasteiger partial charge in [-0.1, -0.05) is 17.7 Å². The number of carbonyl (C=O) groups is 1. The Bertz CT molecular complexity index is 400. The SMILES string of the molecule is Cc1ccc(Cl)cc1C(=O)/N=C/N(C)C. The molecule has 0 unspecified atom stereocenters. The molecular formula is C11H13ClN2O. The minimum Gasteiger partial charge on any atom is -0.369 e. The van der Waals surface area contributed by atoms with Crippen molar-refractivity contribution in [1.29, 1.82) is 0 Å². The van der Waals surface area contributed by atoms with Gasteiger partial charge in [-0.3, -0.25) is 4.79 Å². The molecule has 0 saturated heterocycles. The fourth-order valence-corrected chi connectivity index (χ4v) is 1.23. The van der Waals surface area contributed by atoms with E-state index in [2.05, 4.69) is 4.99 Å². The van der Waals surface area contributed by atoms with Crippen LogP contribution in [0.15, 0.2) is 23.2 Å². The standard InChI is InChI=1S/C11H13ClN2O/c1-8-4-5-9(12)6-10(8)11(15)13-7-14(2)3/h4-7H,1-3H3/b13-7+. The van der Waals surface area contributed by atoms with Crippen LogP contribution >= 0.6 is 11.6 Å². The largest absolute Gasteiger partial charge is 0.369 e. The molecule has 1 amide bonds. The third kappa shape index (κ3) is 3.36. The third-order valence-electron chi connectivity index (χ3n) is 1.84. The number of aryl methyl sites for hydroxylation is 1. The lowest BCUT2D eigenvalue weighted by Gasteiger charge is -2.04. The van der Waals surface area contributed by atoms with Gasteiger partial charge in [-0.25, -0.2) is 0 Å². The molecule has 3 nitrogen and oxygen atoms in total. The first-order chi connectivity index (χ1) is 7.00. The molecular weight excluding hydrogens is 212 g/mol. The number of aliphatic imine (C=N–C) groups is 1. The number of benzene rings is 1. The van der Waals surface area contributed by atoms with Gasteiger partial charge in [0.05, 0.1) is 6.34 Å². The fourth-order valence-electron chi connectivity index (χ4n) is 1.06. The average Bonchev–Trinajstić information content (AvgIpc) is 2.18. The van der Waals surface area contributed by atoms with Crippen molar-refractivity contribution in [1.82, 2.24) is 4.90 Å². The molecule has 0 fully saturated rings. The highest BCUT2D eigenvalue weighted by molar-refractivity contribution is 6.31. The van der Waals surface area contributed by atoms with Crippen molar-refractivity contribution in [3.8, 4) is 0 Å². The van der Waals surface area contributed by atoms with E-state index < -0.39 is 0 Å². The lowest BCUT2D eigenvalue weighted by atomic mass is 10.1. The summed E-state index contributed by atoms with van der Waals surface area (Å²) in [6, 6.07) is 5.19. The summed E-state index contributed by atoms with van der Waals surface area (Å²) in [5.41, 5.74) is 1.42. The van der Waals surface area contributed by atoms with Gasteiger partial charge in [-0.15, -0.1) is 0 Å². The van der Waals surface area contributed by atoms with E-state index in [-0.39, 0.29) is 5.91 Å². The Hall–Kier alpha value is -1.35. The Balaban J connectivity index is 2.96. The van der Waals surface area contributed by atoms with Gasteiger partial charge in [0.25, 0.3) is 5.91 Å². The van der Waals surface area contributed by atoms with Crippen LogP contribution in [0.25, 0.3) is 0 Å². The zero-order chi connectivity index (χ0) is 11.4. The molecule has 15 heavy (non-hydrogen) atoms. The molecule has 0 aliphatic rings. The van der Waals surface area contributed by atoms with Crippen LogP contribution in [0.2, 0.25) is 5.02 Å². The van der Waals surface area contributed by atoms with Crippen LogP contribution in [0.3, 0.4) is 0 Å². The number of carbonyl (C=O) groups excluding carboxylic acids is 1. The number of halogens is 1. The molecule has 1 rings (SSSR count). The Morgan fingerprint density at radius 3 is 2.73 bits per heavy atom. The third-order valence-corrected chi connectivity index (χ3v) is 2.07. The Morgan fingerprint density at radius 2 is 2.13 bits per heavy atom. The van der Waals surface area contributed by atoms with Crippen LogP contribution in [0.1, 0.15) is 15.9 Å². The Kier molecular flexibility index (Phi) is 3.86. The van der Waals surface area contributed by atoms with E-state index in [4.69, 9.17) is 11.6 Å². The minimum atomic E-state index is -0.274.